The van der Waals surface area contributed by atoms with Gasteiger partial charge in [0.15, 0.2) is 0 Å². The van der Waals surface area contributed by atoms with Crippen molar-refractivity contribution in [1.82, 2.24) is 39.5 Å². The first-order valence-corrected chi connectivity index (χ1v) is 35.1. The molecule has 0 atom stereocenters. The van der Waals surface area contributed by atoms with Gasteiger partial charge in [0.05, 0.1) is 75.8 Å². The maximum Gasteiger partial charge on any atom is 0.488 e. The number of aromatic hydroxyl groups is 1. The van der Waals surface area contributed by atoms with Crippen LogP contribution in [0.2, 0.25) is 0 Å². The zero-order valence-corrected chi connectivity index (χ0v) is 63.6. The van der Waals surface area contributed by atoms with Crippen LogP contribution in [0.5, 0.6) is 23.0 Å². The number of phenolic OH excluding ortho intramolecular Hbond substituents is 1. The summed E-state index contributed by atoms with van der Waals surface area (Å²) in [5, 5.41) is 48.3. The molecular formula is C86H92BBr2IN8O6. The number of H-pyrrole nitrogens is 1. The monoisotopic (exact) mass is 1630 g/mol. The third-order valence-corrected chi connectivity index (χ3v) is 19.4. The highest BCUT2D eigenvalue weighted by molar-refractivity contribution is 14.1. The number of aromatic amines is 1. The van der Waals surface area contributed by atoms with E-state index in [1.54, 1.807) is 45.6 Å². The smallest absolute Gasteiger partial charge is 0.488 e. The Labute approximate surface area is 644 Å². The Bertz CT molecular complexity index is 4930. The standard InChI is InChI=1S/C24H22N2O.C23H20N2O.C12H11BO2.C12H13BrN2O.C7H7IO.C5H7BrN2.3CH4/c1-17-24(18(2)26(25-17)22-10-7-11-23(16-22)27-3)21-14-12-20(13-15-21)19-8-5-4-6-9-19;1-16-23(17(2)25(24-16)21-9-6-10-22(26)15-21)20-13-11-19(12-14-20)18-7-4-3-5-8-18;14-13(15)12-8-6-11(7-9-12)10-4-2-1-3-5-10;1-8-12(13)9(2)15(14-8)10-5-4-6-11(7-10)16-3;1-9-7-4-2-3-6(8)5-7;1-3-5(6)4(2)8-7-3;;;/h4-16H,1-3H3;3-15,26H,1-2H3;1-9,14-15H;4-7H,1-3H3;2-5H,1H3;1-2H3,(H,7,8);3*1H4. The van der Waals surface area contributed by atoms with Gasteiger partial charge in [0.2, 0.25) is 0 Å². The second-order valence-corrected chi connectivity index (χ2v) is 26.2. The molecule has 0 spiro atoms. The number of benzene rings is 10. The van der Waals surface area contributed by atoms with Crippen LogP contribution in [0.25, 0.3) is 72.7 Å². The molecule has 0 unspecified atom stereocenters. The molecule has 14 rings (SSSR count). The molecule has 0 aliphatic rings. The van der Waals surface area contributed by atoms with Crippen LogP contribution >= 0.6 is 54.5 Å². The van der Waals surface area contributed by atoms with E-state index in [0.29, 0.717) is 5.46 Å². The Morgan fingerprint density at radius 3 is 1.02 bits per heavy atom. The van der Waals surface area contributed by atoms with E-state index in [1.807, 2.05) is 188 Å². The highest BCUT2D eigenvalue weighted by Gasteiger charge is 2.18. The van der Waals surface area contributed by atoms with Crippen molar-refractivity contribution in [2.75, 3.05) is 21.3 Å². The molecule has 104 heavy (non-hydrogen) atoms. The first kappa shape index (κ1) is 82.9. The van der Waals surface area contributed by atoms with Crippen molar-refractivity contribution < 1.29 is 29.4 Å². The topological polar surface area (TPSA) is 171 Å². The van der Waals surface area contributed by atoms with Gasteiger partial charge in [-0.25, -0.2) is 14.0 Å². The molecule has 14 aromatic rings. The van der Waals surface area contributed by atoms with Crippen molar-refractivity contribution in [2.24, 2.45) is 0 Å². The molecule has 0 radical (unpaired) electrons. The maximum atomic E-state index is 9.76. The van der Waals surface area contributed by atoms with Crippen molar-refractivity contribution in [3.05, 3.63) is 319 Å². The summed E-state index contributed by atoms with van der Waals surface area (Å²) >= 11 is 9.12. The van der Waals surface area contributed by atoms with Crippen LogP contribution in [0, 0.1) is 59.0 Å². The van der Waals surface area contributed by atoms with Gasteiger partial charge < -0.3 is 29.4 Å². The van der Waals surface area contributed by atoms with Gasteiger partial charge in [-0.1, -0.05) is 210 Å². The van der Waals surface area contributed by atoms with Crippen molar-refractivity contribution in [3.8, 4) is 95.7 Å². The number of ether oxygens (including phenoxy) is 3. The Balaban J connectivity index is 0.000000204. The van der Waals surface area contributed by atoms with Gasteiger partial charge in [-0.2, -0.15) is 20.4 Å². The van der Waals surface area contributed by atoms with Gasteiger partial charge in [0, 0.05) is 50.0 Å². The molecule has 18 heteroatoms. The normalized spacial score (nSPS) is 10.1. The highest BCUT2D eigenvalue weighted by atomic mass is 127. The largest absolute Gasteiger partial charge is 0.508 e. The van der Waals surface area contributed by atoms with Gasteiger partial charge in [0.1, 0.15) is 23.0 Å². The minimum atomic E-state index is -1.39. The number of hydrogen-bond acceptors (Lipinski definition) is 10. The van der Waals surface area contributed by atoms with Crippen LogP contribution in [0.1, 0.15) is 67.8 Å². The fourth-order valence-electron chi connectivity index (χ4n) is 11.1. The summed E-state index contributed by atoms with van der Waals surface area (Å²) in [5.74, 6) is 2.82. The number of phenols is 1. The average Bonchev–Trinajstić information content (AvgIpc) is 1.64. The lowest BCUT2D eigenvalue weighted by atomic mass is 9.80. The van der Waals surface area contributed by atoms with Gasteiger partial charge in [-0.05, 0) is 214 Å². The fourth-order valence-corrected chi connectivity index (χ4v) is 12.1. The quantitative estimate of drug-likeness (QED) is 0.0682. The minimum absolute atomic E-state index is 0. The van der Waals surface area contributed by atoms with Crippen molar-refractivity contribution in [2.45, 2.75) is 77.7 Å². The van der Waals surface area contributed by atoms with Crippen LogP contribution in [-0.4, -0.2) is 83.1 Å². The van der Waals surface area contributed by atoms with Gasteiger partial charge in [-0.15, -0.1) is 0 Å². The molecular weight excluding hydrogens is 1540 g/mol. The summed E-state index contributed by atoms with van der Waals surface area (Å²) in [6.07, 6.45) is 0. The molecule has 10 aromatic carbocycles. The molecule has 0 aliphatic heterocycles. The SMILES string of the molecule is C.C.C.COc1cccc(-n2nc(C)c(-c3ccc(-c4ccccc4)cc3)c2C)c1.COc1cccc(-n2nc(C)c(Br)c2C)c1.COc1cccc(I)c1.Cc1n[nH]c(C)c1Br.Cc1nn(-c2cccc(O)c2)c(C)c1-c1ccc(-c2ccccc2)cc1.OB(O)c1ccc(-c2ccccc2)cc1. The molecule has 0 amide bonds. The molecule has 0 fully saturated rings. The first-order chi connectivity index (χ1) is 48.7. The molecule has 4 aromatic heterocycles. The van der Waals surface area contributed by atoms with Gasteiger partial charge in [0.25, 0.3) is 0 Å². The van der Waals surface area contributed by atoms with Gasteiger partial charge >= 0.3 is 7.12 Å². The second kappa shape index (κ2) is 40.1. The number of nitrogens with zero attached hydrogens (tertiary/aromatic N) is 7. The minimum Gasteiger partial charge on any atom is -0.508 e. The van der Waals surface area contributed by atoms with Crippen LogP contribution in [0.4, 0.5) is 0 Å². The van der Waals surface area contributed by atoms with E-state index in [2.05, 4.69) is 193 Å². The fraction of sp³-hybridized carbons (Fsp3) is 0.163. The van der Waals surface area contributed by atoms with E-state index in [-0.39, 0.29) is 28.0 Å². The van der Waals surface area contributed by atoms with E-state index < -0.39 is 7.12 Å². The van der Waals surface area contributed by atoms with Crippen molar-refractivity contribution in [3.63, 3.8) is 0 Å². The van der Waals surface area contributed by atoms with E-state index in [9.17, 15) is 5.11 Å². The van der Waals surface area contributed by atoms with Crippen LogP contribution in [0.3, 0.4) is 0 Å². The third kappa shape index (κ3) is 21.7. The van der Waals surface area contributed by atoms with Crippen LogP contribution in [0.15, 0.2) is 270 Å². The summed E-state index contributed by atoms with van der Waals surface area (Å²) in [6, 6.07) is 86.1. The van der Waals surface area contributed by atoms with Crippen LogP contribution in [-0.2, 0) is 0 Å². The summed E-state index contributed by atoms with van der Waals surface area (Å²) in [4.78, 5) is 0. The van der Waals surface area contributed by atoms with Crippen molar-refractivity contribution >= 4 is 67.0 Å². The summed E-state index contributed by atoms with van der Waals surface area (Å²) in [6.45, 7) is 16.2. The average molecular weight is 1630 g/mol. The number of rotatable bonds is 12. The zero-order valence-electron chi connectivity index (χ0n) is 58.2. The molecule has 4 heterocycles. The van der Waals surface area contributed by atoms with Gasteiger partial charge in [-0.3, -0.25) is 5.10 Å². The number of methoxy groups -OCH3 is 3. The molecule has 4 N–H and O–H groups in total. The molecule has 14 nitrogen and oxygen atoms in total. The highest BCUT2D eigenvalue weighted by Crippen LogP contribution is 2.34. The summed E-state index contributed by atoms with van der Waals surface area (Å²) < 4.78 is 24.6. The molecule has 0 bridgehead atoms. The Hall–Kier alpha value is -10.1. The second-order valence-electron chi connectivity index (χ2n) is 23.4. The van der Waals surface area contributed by atoms with E-state index in [4.69, 9.17) is 29.4 Å². The number of nitrogens with one attached hydrogen (secondary N) is 1. The Morgan fingerprint density at radius 1 is 0.365 bits per heavy atom. The number of halogens is 3. The zero-order chi connectivity index (χ0) is 72.1. The van der Waals surface area contributed by atoms with Crippen LogP contribution < -0.4 is 19.7 Å². The molecule has 536 valence electrons. The third-order valence-electron chi connectivity index (χ3n) is 16.4. The lowest BCUT2D eigenvalue weighted by Gasteiger charge is -2.08. The maximum absolute atomic E-state index is 9.76. The van der Waals surface area contributed by atoms with E-state index in [1.165, 1.54) is 37.0 Å². The number of aromatic nitrogens is 8. The molecule has 0 saturated carbocycles. The predicted molar refractivity (Wildman–Crippen MR) is 447 cm³/mol. The first-order valence-electron chi connectivity index (χ1n) is 32.5. The molecule has 0 aliphatic carbocycles. The summed E-state index contributed by atoms with van der Waals surface area (Å²) in [5.41, 5.74) is 23.4. The number of aryl methyl sites for hydroxylation is 5. The molecule has 0 saturated heterocycles. The Morgan fingerprint density at radius 2 is 0.702 bits per heavy atom. The number of hydrogen-bond donors (Lipinski definition) is 4. The summed E-state index contributed by atoms with van der Waals surface area (Å²) in [7, 11) is 3.62. The van der Waals surface area contributed by atoms with E-state index in [0.717, 1.165) is 111 Å². The van der Waals surface area contributed by atoms with E-state index >= 15 is 0 Å². The Kier molecular flexibility index (Phi) is 32.0. The predicted octanol–water partition coefficient (Wildman–Crippen LogP) is 21.7. The van der Waals surface area contributed by atoms with Crippen molar-refractivity contribution in [1.29, 1.82) is 0 Å². The lowest BCUT2D eigenvalue weighted by molar-refractivity contribution is 0.414. The lowest BCUT2D eigenvalue weighted by Crippen LogP contribution is -2.29.